The average Bonchev–Trinajstić information content (AvgIpc) is 3.19. The Hall–Kier alpha value is -2.88. The molecule has 10 heteroatoms. The van der Waals surface area contributed by atoms with Crippen LogP contribution in [0, 0.1) is 17.3 Å². The molecule has 1 heterocycles. The highest BCUT2D eigenvalue weighted by Crippen LogP contribution is 2.47. The van der Waals surface area contributed by atoms with Crippen molar-refractivity contribution in [3.05, 3.63) is 64.3 Å². The number of carboxylic acid groups (broad SMARTS) is 1. The highest BCUT2D eigenvalue weighted by atomic mass is 32.2. The summed E-state index contributed by atoms with van der Waals surface area (Å²) in [5, 5.41) is 12.1. The molecule has 0 radical (unpaired) electrons. The summed E-state index contributed by atoms with van der Waals surface area (Å²) < 4.78 is 47.3. The Morgan fingerprint density at radius 3 is 2.31 bits per heavy atom. The molecule has 1 aromatic rings. The lowest BCUT2D eigenvalue weighted by atomic mass is 9.86. The van der Waals surface area contributed by atoms with Gasteiger partial charge in [0.2, 0.25) is 0 Å². The number of halogens is 3. The molecule has 2 unspecified atom stereocenters. The van der Waals surface area contributed by atoms with Gasteiger partial charge in [-0.3, -0.25) is 4.79 Å². The maximum Gasteiger partial charge on any atom is 0.573 e. The van der Waals surface area contributed by atoms with Gasteiger partial charge in [-0.1, -0.05) is 58.9 Å². The molecule has 0 saturated heterocycles. The summed E-state index contributed by atoms with van der Waals surface area (Å²) in [5.74, 6) is -1.35. The number of fused-ring (bicyclic) bond motifs is 1. The van der Waals surface area contributed by atoms with Gasteiger partial charge in [0.1, 0.15) is 24.2 Å². The van der Waals surface area contributed by atoms with Crippen molar-refractivity contribution in [2.45, 2.75) is 58.9 Å². The Labute approximate surface area is 212 Å². The van der Waals surface area contributed by atoms with E-state index in [0.29, 0.717) is 11.3 Å². The predicted molar refractivity (Wildman–Crippen MR) is 131 cm³/mol. The molecule has 2 aliphatic rings. The van der Waals surface area contributed by atoms with E-state index in [1.807, 2.05) is 6.08 Å². The minimum atomic E-state index is -4.78. The topological polar surface area (TPSA) is 84.9 Å². The summed E-state index contributed by atoms with van der Waals surface area (Å²) in [6.07, 6.45) is 0.905. The van der Waals surface area contributed by atoms with Crippen molar-refractivity contribution in [3.8, 4) is 5.75 Å². The number of thioether (sulfide) groups is 1. The number of alkyl halides is 3. The van der Waals surface area contributed by atoms with E-state index < -0.39 is 29.7 Å². The van der Waals surface area contributed by atoms with Gasteiger partial charge in [0, 0.05) is 5.92 Å². The van der Waals surface area contributed by atoms with Crippen LogP contribution in [0.15, 0.2) is 58.7 Å². The summed E-state index contributed by atoms with van der Waals surface area (Å²) in [6, 6.07) is 4.18. The first-order chi connectivity index (χ1) is 16.7. The molecular weight excluding hydrogens is 495 g/mol. The SMILES string of the molecule is CC(C)C1=CC2C=CC(C(=O)N[C@H](C(=O)O)C(C)(C)C)=C(OCc3ccc(OC(F)(F)F)cc3)C2S1. The molecule has 3 atom stereocenters. The lowest BCUT2D eigenvalue weighted by molar-refractivity contribution is -0.274. The lowest BCUT2D eigenvalue weighted by Crippen LogP contribution is -2.49. The Morgan fingerprint density at radius 2 is 1.78 bits per heavy atom. The number of carbonyl (C=O) groups excluding carboxylic acids is 1. The van der Waals surface area contributed by atoms with Gasteiger partial charge in [-0.05, 0) is 40.0 Å². The van der Waals surface area contributed by atoms with E-state index in [0.717, 1.165) is 4.91 Å². The molecule has 196 valence electrons. The summed E-state index contributed by atoms with van der Waals surface area (Å²) in [4.78, 5) is 26.2. The van der Waals surface area contributed by atoms with E-state index in [1.165, 1.54) is 24.3 Å². The van der Waals surface area contributed by atoms with Crippen LogP contribution in [0.2, 0.25) is 0 Å². The number of ether oxygens (including phenoxy) is 2. The summed E-state index contributed by atoms with van der Waals surface area (Å²) in [7, 11) is 0. The van der Waals surface area contributed by atoms with E-state index >= 15 is 0 Å². The van der Waals surface area contributed by atoms with Gasteiger partial charge in [-0.2, -0.15) is 0 Å². The molecule has 0 saturated carbocycles. The Kier molecular flexibility index (Phi) is 8.17. The normalized spacial score (nSPS) is 20.6. The molecule has 0 aromatic heterocycles. The van der Waals surface area contributed by atoms with Gasteiger partial charge < -0.3 is 19.9 Å². The monoisotopic (exact) mass is 525 g/mol. The number of hydrogen-bond donors (Lipinski definition) is 2. The fraction of sp³-hybridized carbons (Fsp3) is 0.462. The number of carbonyl (C=O) groups is 2. The predicted octanol–water partition coefficient (Wildman–Crippen LogP) is 5.81. The average molecular weight is 526 g/mol. The Balaban J connectivity index is 1.86. The van der Waals surface area contributed by atoms with Crippen LogP contribution in [0.1, 0.15) is 40.2 Å². The van der Waals surface area contributed by atoms with E-state index in [9.17, 15) is 27.9 Å². The van der Waals surface area contributed by atoms with Crippen molar-refractivity contribution in [1.29, 1.82) is 0 Å². The minimum absolute atomic E-state index is 0.000557. The van der Waals surface area contributed by atoms with Gasteiger partial charge in [0.05, 0.1) is 10.8 Å². The first kappa shape index (κ1) is 27.7. The van der Waals surface area contributed by atoms with Crippen molar-refractivity contribution < 1.29 is 37.3 Å². The van der Waals surface area contributed by atoms with Crippen molar-refractivity contribution in [2.24, 2.45) is 17.3 Å². The van der Waals surface area contributed by atoms with Gasteiger partial charge in [-0.15, -0.1) is 24.9 Å². The first-order valence-corrected chi connectivity index (χ1v) is 12.4. The van der Waals surface area contributed by atoms with Crippen LogP contribution < -0.4 is 10.1 Å². The second-order valence-corrected chi connectivity index (χ2v) is 11.3. The molecule has 1 aromatic carbocycles. The van der Waals surface area contributed by atoms with Crippen LogP contribution in [-0.4, -0.2) is 34.6 Å². The lowest BCUT2D eigenvalue weighted by Gasteiger charge is -2.30. The summed E-state index contributed by atoms with van der Waals surface area (Å²) in [6.45, 7) is 9.33. The highest BCUT2D eigenvalue weighted by molar-refractivity contribution is 8.04. The number of aliphatic carboxylic acids is 1. The number of hydrogen-bond acceptors (Lipinski definition) is 5. The van der Waals surface area contributed by atoms with Gasteiger partial charge >= 0.3 is 12.3 Å². The van der Waals surface area contributed by atoms with Crippen LogP contribution in [0.3, 0.4) is 0 Å². The highest BCUT2D eigenvalue weighted by Gasteiger charge is 2.39. The number of nitrogens with one attached hydrogen (secondary N) is 1. The van der Waals surface area contributed by atoms with Gasteiger partial charge in [0.15, 0.2) is 0 Å². The van der Waals surface area contributed by atoms with E-state index in [4.69, 9.17) is 4.74 Å². The first-order valence-electron chi connectivity index (χ1n) is 11.5. The number of benzene rings is 1. The standard InChI is InChI=1S/C26H30F3NO5S/c1-14(2)19-12-16-8-11-18(23(31)30-22(24(32)33)25(3,4)5)20(21(16)36-19)34-13-15-6-9-17(10-7-15)35-26(27,28)29/h6-12,14,16,21-22H,13H2,1-5H3,(H,30,31)(H,32,33)/t16?,21?,22-/m1/s1. The molecule has 0 spiro atoms. The summed E-state index contributed by atoms with van der Waals surface area (Å²) >= 11 is 1.59. The molecule has 6 nitrogen and oxygen atoms in total. The number of amides is 1. The fourth-order valence-corrected chi connectivity index (χ4v) is 5.28. The molecule has 1 aliphatic carbocycles. The fourth-order valence-electron chi connectivity index (χ4n) is 3.85. The largest absolute Gasteiger partial charge is 0.573 e. The quantitative estimate of drug-likeness (QED) is 0.446. The van der Waals surface area contributed by atoms with E-state index in [-0.39, 0.29) is 35.0 Å². The van der Waals surface area contributed by atoms with Crippen LogP contribution in [0.25, 0.3) is 0 Å². The Bertz CT molecular complexity index is 1080. The smallest absolute Gasteiger partial charge is 0.491 e. The van der Waals surface area contributed by atoms with Crippen molar-refractivity contribution >= 4 is 23.6 Å². The van der Waals surface area contributed by atoms with Crippen molar-refractivity contribution in [1.82, 2.24) is 5.32 Å². The maximum absolute atomic E-state index is 13.2. The third-order valence-electron chi connectivity index (χ3n) is 5.73. The zero-order valence-electron chi connectivity index (χ0n) is 20.7. The molecular formula is C26H30F3NO5S. The number of carboxylic acids is 1. The molecule has 1 aliphatic heterocycles. The molecule has 2 N–H and O–H groups in total. The van der Waals surface area contributed by atoms with Gasteiger partial charge in [-0.25, -0.2) is 4.79 Å². The van der Waals surface area contributed by atoms with Crippen molar-refractivity contribution in [3.63, 3.8) is 0 Å². The second-order valence-electron chi connectivity index (χ2n) is 10.1. The maximum atomic E-state index is 13.2. The van der Waals surface area contributed by atoms with Crippen LogP contribution in [0.5, 0.6) is 5.75 Å². The molecule has 0 bridgehead atoms. The zero-order valence-corrected chi connectivity index (χ0v) is 21.5. The van der Waals surface area contributed by atoms with Crippen LogP contribution >= 0.6 is 11.8 Å². The number of rotatable bonds is 8. The molecule has 1 amide bonds. The van der Waals surface area contributed by atoms with E-state index in [1.54, 1.807) is 38.6 Å². The van der Waals surface area contributed by atoms with Crippen LogP contribution in [-0.2, 0) is 20.9 Å². The van der Waals surface area contributed by atoms with Gasteiger partial charge in [0.25, 0.3) is 5.91 Å². The van der Waals surface area contributed by atoms with Crippen LogP contribution in [0.4, 0.5) is 13.2 Å². The molecule has 36 heavy (non-hydrogen) atoms. The van der Waals surface area contributed by atoms with E-state index in [2.05, 4.69) is 30.0 Å². The summed E-state index contributed by atoms with van der Waals surface area (Å²) in [5.41, 5.74) is 0.0920. The van der Waals surface area contributed by atoms with Crippen molar-refractivity contribution in [2.75, 3.05) is 0 Å². The molecule has 0 fully saturated rings. The third-order valence-corrected chi connectivity index (χ3v) is 7.39. The molecule has 3 rings (SSSR count). The minimum Gasteiger partial charge on any atom is -0.491 e. The number of allylic oxidation sites excluding steroid dienone is 3. The zero-order chi connectivity index (χ0) is 26.8. The second kappa shape index (κ2) is 10.6. The Morgan fingerprint density at radius 1 is 1.14 bits per heavy atom. The third kappa shape index (κ3) is 6.87.